The molecule has 1 heterocycles. The van der Waals surface area contributed by atoms with Crippen molar-refractivity contribution in [1.29, 1.82) is 0 Å². The molecule has 2 aromatic rings. The Kier molecular flexibility index (Phi) is 2.75. The molecule has 4 heteroatoms. The molecule has 1 aromatic carbocycles. The number of furan rings is 1. The fourth-order valence-corrected chi connectivity index (χ4v) is 1.57. The van der Waals surface area contributed by atoms with E-state index in [1.165, 1.54) is 24.5 Å². The van der Waals surface area contributed by atoms with Gasteiger partial charge in [-0.05, 0) is 35.4 Å². The molecule has 1 atom stereocenters. The first-order valence-corrected chi connectivity index (χ1v) is 4.72. The Morgan fingerprint density at radius 3 is 2.73 bits per heavy atom. The number of hydrogen-bond acceptors (Lipinski definition) is 2. The molecule has 15 heavy (non-hydrogen) atoms. The lowest BCUT2D eigenvalue weighted by molar-refractivity contribution is 0.219. The number of aliphatic hydroxyl groups is 1. The highest BCUT2D eigenvalue weighted by Gasteiger charge is 2.16. The van der Waals surface area contributed by atoms with Gasteiger partial charge in [0, 0.05) is 5.56 Å². The van der Waals surface area contributed by atoms with Crippen molar-refractivity contribution in [3.63, 3.8) is 0 Å². The van der Waals surface area contributed by atoms with Crippen molar-refractivity contribution in [3.8, 4) is 0 Å². The molecule has 1 aromatic heterocycles. The molecule has 0 radical (unpaired) electrons. The molecule has 0 saturated heterocycles. The Labute approximate surface area is 90.9 Å². The normalized spacial score (nSPS) is 12.7. The number of halogens is 2. The van der Waals surface area contributed by atoms with E-state index in [9.17, 15) is 9.50 Å². The van der Waals surface area contributed by atoms with Gasteiger partial charge < -0.3 is 9.52 Å². The minimum Gasteiger partial charge on any atom is -0.453 e. The molecule has 2 rings (SSSR count). The van der Waals surface area contributed by atoms with E-state index in [4.69, 9.17) is 16.0 Å². The van der Waals surface area contributed by atoms with Crippen LogP contribution in [0, 0.1) is 5.82 Å². The second-order valence-corrected chi connectivity index (χ2v) is 3.45. The van der Waals surface area contributed by atoms with Gasteiger partial charge in [0.25, 0.3) is 0 Å². The van der Waals surface area contributed by atoms with Crippen LogP contribution >= 0.6 is 11.6 Å². The molecular weight excluding hydrogens is 219 g/mol. The van der Waals surface area contributed by atoms with Gasteiger partial charge in [0.05, 0.1) is 6.26 Å². The Bertz CT molecular complexity index is 467. The van der Waals surface area contributed by atoms with Crippen molar-refractivity contribution in [2.75, 3.05) is 0 Å². The molecule has 1 N–H and O–H groups in total. The average Bonchev–Trinajstić information content (AvgIpc) is 2.63. The molecular formula is C11H8ClFO2. The van der Waals surface area contributed by atoms with Gasteiger partial charge in [-0.2, -0.15) is 0 Å². The number of benzene rings is 1. The zero-order valence-electron chi connectivity index (χ0n) is 7.65. The monoisotopic (exact) mass is 226 g/mol. The first kappa shape index (κ1) is 10.2. The summed E-state index contributed by atoms with van der Waals surface area (Å²) in [5.41, 5.74) is 0.876. The smallest absolute Gasteiger partial charge is 0.199 e. The van der Waals surface area contributed by atoms with Crippen LogP contribution in [0.2, 0.25) is 5.22 Å². The number of hydrogen-bond donors (Lipinski definition) is 1. The van der Waals surface area contributed by atoms with Crippen LogP contribution in [0.1, 0.15) is 17.2 Å². The number of rotatable bonds is 2. The predicted molar refractivity (Wildman–Crippen MR) is 54.2 cm³/mol. The maximum Gasteiger partial charge on any atom is 0.199 e. The molecule has 0 spiro atoms. The van der Waals surface area contributed by atoms with Gasteiger partial charge in [0.15, 0.2) is 5.22 Å². The third-order valence-electron chi connectivity index (χ3n) is 2.11. The lowest BCUT2D eigenvalue weighted by Gasteiger charge is -2.08. The summed E-state index contributed by atoms with van der Waals surface area (Å²) < 4.78 is 17.8. The summed E-state index contributed by atoms with van der Waals surface area (Å²) in [6.45, 7) is 0. The Balaban J connectivity index is 2.36. The second kappa shape index (κ2) is 4.04. The van der Waals surface area contributed by atoms with Crippen molar-refractivity contribution >= 4 is 11.6 Å². The maximum absolute atomic E-state index is 12.9. The first-order chi connectivity index (χ1) is 7.18. The van der Waals surface area contributed by atoms with Crippen LogP contribution < -0.4 is 0 Å². The lowest BCUT2D eigenvalue weighted by Crippen LogP contribution is -1.98. The molecule has 0 amide bonds. The summed E-state index contributed by atoms with van der Waals surface area (Å²) in [6.07, 6.45) is 0.409. The van der Waals surface area contributed by atoms with E-state index in [2.05, 4.69) is 0 Å². The minimum atomic E-state index is -0.966. The third kappa shape index (κ3) is 2.03. The molecule has 1 unspecified atom stereocenters. The van der Waals surface area contributed by atoms with Crippen LogP contribution in [0.15, 0.2) is 41.0 Å². The van der Waals surface area contributed by atoms with E-state index in [-0.39, 0.29) is 5.22 Å². The fraction of sp³-hybridized carbons (Fsp3) is 0.0909. The molecule has 2 nitrogen and oxygen atoms in total. The zero-order chi connectivity index (χ0) is 10.8. The first-order valence-electron chi connectivity index (χ1n) is 4.35. The lowest BCUT2D eigenvalue weighted by atomic mass is 10.0. The second-order valence-electron chi connectivity index (χ2n) is 3.11. The summed E-state index contributed by atoms with van der Waals surface area (Å²) >= 11 is 5.70. The summed E-state index contributed by atoms with van der Waals surface area (Å²) in [4.78, 5) is 0. The van der Waals surface area contributed by atoms with Crippen LogP contribution in [-0.4, -0.2) is 5.11 Å². The van der Waals surface area contributed by atoms with Gasteiger partial charge in [-0.15, -0.1) is 0 Å². The van der Waals surface area contributed by atoms with Crippen LogP contribution in [0.5, 0.6) is 0 Å². The van der Waals surface area contributed by atoms with Crippen LogP contribution in [0.25, 0.3) is 0 Å². The van der Waals surface area contributed by atoms with E-state index < -0.39 is 11.9 Å². The van der Waals surface area contributed by atoms with Gasteiger partial charge in [0.2, 0.25) is 0 Å². The van der Waals surface area contributed by atoms with Gasteiger partial charge in [-0.25, -0.2) is 4.39 Å². The molecule has 78 valence electrons. The quantitative estimate of drug-likeness (QED) is 0.853. The van der Waals surface area contributed by atoms with Crippen LogP contribution in [0.3, 0.4) is 0 Å². The van der Waals surface area contributed by atoms with E-state index >= 15 is 0 Å². The van der Waals surface area contributed by atoms with Gasteiger partial charge in [0.1, 0.15) is 11.9 Å². The maximum atomic E-state index is 12.9. The molecule has 0 saturated carbocycles. The van der Waals surface area contributed by atoms with Gasteiger partial charge in [-0.3, -0.25) is 0 Å². The summed E-state index contributed by atoms with van der Waals surface area (Å²) in [5, 5.41) is 9.99. The van der Waals surface area contributed by atoms with Crippen LogP contribution in [0.4, 0.5) is 4.39 Å². The standard InChI is InChI=1S/C11H8ClFO2/c12-11-9(4-5-15-11)10(14)7-2-1-3-8(13)6-7/h1-6,10,14H. The third-order valence-corrected chi connectivity index (χ3v) is 2.41. The molecule has 0 aliphatic carbocycles. The topological polar surface area (TPSA) is 33.4 Å². The zero-order valence-corrected chi connectivity index (χ0v) is 8.41. The molecule has 0 aliphatic heterocycles. The molecule has 0 fully saturated rings. The highest BCUT2D eigenvalue weighted by molar-refractivity contribution is 6.29. The highest BCUT2D eigenvalue weighted by Crippen LogP contribution is 2.29. The van der Waals surface area contributed by atoms with E-state index in [1.807, 2.05) is 0 Å². The van der Waals surface area contributed by atoms with Crippen molar-refractivity contribution in [1.82, 2.24) is 0 Å². The largest absolute Gasteiger partial charge is 0.453 e. The van der Waals surface area contributed by atoms with Crippen LogP contribution in [-0.2, 0) is 0 Å². The van der Waals surface area contributed by atoms with Crippen molar-refractivity contribution in [2.24, 2.45) is 0 Å². The molecule has 0 aliphatic rings. The van der Waals surface area contributed by atoms with E-state index in [1.54, 1.807) is 12.1 Å². The van der Waals surface area contributed by atoms with Gasteiger partial charge in [-0.1, -0.05) is 12.1 Å². The highest BCUT2D eigenvalue weighted by atomic mass is 35.5. The fourth-order valence-electron chi connectivity index (χ4n) is 1.36. The van der Waals surface area contributed by atoms with E-state index in [0.29, 0.717) is 11.1 Å². The summed E-state index contributed by atoms with van der Waals surface area (Å²) in [7, 11) is 0. The summed E-state index contributed by atoms with van der Waals surface area (Å²) in [6, 6.07) is 7.28. The summed E-state index contributed by atoms with van der Waals surface area (Å²) in [5.74, 6) is -0.397. The Morgan fingerprint density at radius 1 is 1.33 bits per heavy atom. The SMILES string of the molecule is OC(c1cccc(F)c1)c1ccoc1Cl. The van der Waals surface area contributed by atoms with Crippen molar-refractivity contribution < 1.29 is 13.9 Å². The Morgan fingerprint density at radius 2 is 2.13 bits per heavy atom. The average molecular weight is 227 g/mol. The number of aliphatic hydroxyl groups excluding tert-OH is 1. The van der Waals surface area contributed by atoms with E-state index in [0.717, 1.165) is 0 Å². The Hall–Kier alpha value is -1.32. The van der Waals surface area contributed by atoms with Crippen molar-refractivity contribution in [3.05, 3.63) is 58.8 Å². The van der Waals surface area contributed by atoms with Gasteiger partial charge >= 0.3 is 0 Å². The van der Waals surface area contributed by atoms with Crippen molar-refractivity contribution in [2.45, 2.75) is 6.10 Å². The minimum absolute atomic E-state index is 0.117. The molecule has 0 bridgehead atoms. The predicted octanol–water partition coefficient (Wildman–Crippen LogP) is 3.15.